The molecule has 0 aromatic heterocycles. The molecule has 6 heteroatoms. The molecule has 1 atom stereocenters. The number of nitrogens with zero attached hydrogens (tertiary/aromatic N) is 1. The second-order valence-electron chi connectivity index (χ2n) is 5.50. The minimum atomic E-state index is -0.424. The number of carbonyl (C=O) groups excluding carboxylic acids is 1. The summed E-state index contributed by atoms with van der Waals surface area (Å²) in [7, 11) is 0. The van der Waals surface area contributed by atoms with Crippen LogP contribution in [0.1, 0.15) is 24.2 Å². The van der Waals surface area contributed by atoms with Crippen LogP contribution in [0.2, 0.25) is 0 Å². The molecule has 1 fully saturated rings. The van der Waals surface area contributed by atoms with Crippen LogP contribution in [0.4, 0.5) is 4.39 Å². The van der Waals surface area contributed by atoms with E-state index >= 15 is 0 Å². The average molecular weight is 409 g/mol. The van der Waals surface area contributed by atoms with Crippen LogP contribution < -0.4 is 0 Å². The fourth-order valence-electron chi connectivity index (χ4n) is 2.39. The third-order valence-corrected chi connectivity index (χ3v) is 4.23. The summed E-state index contributed by atoms with van der Waals surface area (Å²) in [5, 5.41) is 0.660. The van der Waals surface area contributed by atoms with Gasteiger partial charge in [-0.05, 0) is 32.0 Å². The van der Waals surface area contributed by atoms with E-state index in [0.29, 0.717) is 28.5 Å². The Hall–Kier alpha value is -0.460. The third-order valence-electron chi connectivity index (χ3n) is 3.05. The zero-order chi connectivity index (χ0) is 14.9. The van der Waals surface area contributed by atoms with Gasteiger partial charge in [0.25, 0.3) is 5.91 Å². The molecule has 0 spiro atoms. The molecule has 1 aromatic rings. The van der Waals surface area contributed by atoms with Crippen molar-refractivity contribution in [2.45, 2.75) is 25.6 Å². The van der Waals surface area contributed by atoms with E-state index in [1.165, 1.54) is 12.1 Å². The van der Waals surface area contributed by atoms with Crippen LogP contribution in [0.15, 0.2) is 22.7 Å². The van der Waals surface area contributed by atoms with Crippen molar-refractivity contribution in [3.8, 4) is 0 Å². The Morgan fingerprint density at radius 1 is 1.50 bits per heavy atom. The molecule has 3 nitrogen and oxygen atoms in total. The van der Waals surface area contributed by atoms with Gasteiger partial charge in [-0.2, -0.15) is 0 Å². The fraction of sp³-hybridized carbons (Fsp3) is 0.500. The first kappa shape index (κ1) is 15.9. The maximum absolute atomic E-state index is 13.4. The summed E-state index contributed by atoms with van der Waals surface area (Å²) in [6.45, 7) is 4.89. The number of benzene rings is 1. The first-order valence-electron chi connectivity index (χ1n) is 6.30. The molecule has 1 amide bonds. The SMILES string of the molecule is CC1(C)CN(C(=O)c2cc(F)cc(Br)c2)CC(CBr)O1. The molecule has 20 heavy (non-hydrogen) atoms. The van der Waals surface area contributed by atoms with Crippen LogP contribution in [0.3, 0.4) is 0 Å². The number of hydrogen-bond donors (Lipinski definition) is 0. The second kappa shape index (κ2) is 6.12. The quantitative estimate of drug-likeness (QED) is 0.699. The van der Waals surface area contributed by atoms with Crippen LogP contribution in [0, 0.1) is 5.82 Å². The maximum Gasteiger partial charge on any atom is 0.254 e. The molecule has 1 aliphatic rings. The molecular weight excluding hydrogens is 393 g/mol. The average Bonchev–Trinajstić information content (AvgIpc) is 2.34. The van der Waals surface area contributed by atoms with Crippen molar-refractivity contribution in [1.29, 1.82) is 0 Å². The Kier molecular flexibility index (Phi) is 4.87. The second-order valence-corrected chi connectivity index (χ2v) is 7.06. The highest BCUT2D eigenvalue weighted by atomic mass is 79.9. The number of halogens is 3. The Labute approximate surface area is 134 Å². The van der Waals surface area contributed by atoms with Crippen molar-refractivity contribution in [3.05, 3.63) is 34.1 Å². The van der Waals surface area contributed by atoms with E-state index in [9.17, 15) is 9.18 Å². The predicted molar refractivity (Wildman–Crippen MR) is 82.7 cm³/mol. The lowest BCUT2D eigenvalue weighted by Crippen LogP contribution is -2.55. The van der Waals surface area contributed by atoms with E-state index < -0.39 is 11.4 Å². The number of ether oxygens (including phenoxy) is 1. The Balaban J connectivity index is 2.23. The zero-order valence-corrected chi connectivity index (χ0v) is 14.5. The molecule has 0 saturated carbocycles. The van der Waals surface area contributed by atoms with Gasteiger partial charge in [0.05, 0.1) is 11.7 Å². The van der Waals surface area contributed by atoms with Crippen LogP contribution >= 0.6 is 31.9 Å². The third kappa shape index (κ3) is 3.80. The van der Waals surface area contributed by atoms with Crippen LogP contribution in [-0.4, -0.2) is 40.9 Å². The lowest BCUT2D eigenvalue weighted by molar-refractivity contribution is -0.116. The van der Waals surface area contributed by atoms with E-state index in [4.69, 9.17) is 4.74 Å². The molecule has 1 aliphatic heterocycles. The number of morpholine rings is 1. The summed E-state index contributed by atoms with van der Waals surface area (Å²) >= 11 is 6.60. The van der Waals surface area contributed by atoms with E-state index in [1.807, 2.05) is 13.8 Å². The summed E-state index contributed by atoms with van der Waals surface area (Å²) in [5.74, 6) is -0.597. The van der Waals surface area contributed by atoms with Crippen molar-refractivity contribution in [1.82, 2.24) is 4.90 Å². The van der Waals surface area contributed by atoms with E-state index in [2.05, 4.69) is 31.9 Å². The van der Waals surface area contributed by atoms with Gasteiger partial charge < -0.3 is 9.64 Å². The summed E-state index contributed by atoms with van der Waals surface area (Å²) in [4.78, 5) is 14.2. The van der Waals surface area contributed by atoms with Crippen molar-refractivity contribution in [2.24, 2.45) is 0 Å². The molecule has 0 radical (unpaired) electrons. The Morgan fingerprint density at radius 3 is 2.80 bits per heavy atom. The largest absolute Gasteiger partial charge is 0.368 e. The smallest absolute Gasteiger partial charge is 0.254 e. The van der Waals surface area contributed by atoms with Gasteiger partial charge >= 0.3 is 0 Å². The molecule has 1 aromatic carbocycles. The number of rotatable bonds is 2. The van der Waals surface area contributed by atoms with Gasteiger partial charge in [-0.15, -0.1) is 0 Å². The number of amides is 1. The first-order chi connectivity index (χ1) is 9.30. The molecule has 110 valence electrons. The Morgan fingerprint density at radius 2 is 2.20 bits per heavy atom. The van der Waals surface area contributed by atoms with E-state index in [1.54, 1.807) is 11.0 Å². The van der Waals surface area contributed by atoms with E-state index in [0.717, 1.165) is 0 Å². The van der Waals surface area contributed by atoms with Crippen molar-refractivity contribution in [2.75, 3.05) is 18.4 Å². The summed E-state index contributed by atoms with van der Waals surface area (Å²) in [6.07, 6.45) is -0.0558. The molecule has 1 saturated heterocycles. The van der Waals surface area contributed by atoms with Crippen molar-refractivity contribution < 1.29 is 13.9 Å². The summed E-state index contributed by atoms with van der Waals surface area (Å²) < 4.78 is 19.8. The van der Waals surface area contributed by atoms with Gasteiger partial charge in [0, 0.05) is 28.5 Å². The minimum absolute atomic E-state index is 0.0558. The molecule has 0 aliphatic carbocycles. The van der Waals surface area contributed by atoms with Gasteiger partial charge in [0.1, 0.15) is 5.82 Å². The van der Waals surface area contributed by atoms with Crippen LogP contribution in [0.5, 0.6) is 0 Å². The molecule has 0 bridgehead atoms. The first-order valence-corrected chi connectivity index (χ1v) is 8.21. The molecular formula is C14H16Br2FNO2. The standard InChI is InChI=1S/C14H16Br2FNO2/c1-14(2)8-18(7-12(6-15)20-14)13(19)9-3-10(16)5-11(17)4-9/h3-5,12H,6-8H2,1-2H3. The van der Waals surface area contributed by atoms with Gasteiger partial charge in [0.2, 0.25) is 0 Å². The van der Waals surface area contributed by atoms with Gasteiger partial charge in [-0.1, -0.05) is 31.9 Å². The maximum atomic E-state index is 13.4. The Bertz CT molecular complexity index is 502. The van der Waals surface area contributed by atoms with Crippen molar-refractivity contribution >= 4 is 37.8 Å². The highest BCUT2D eigenvalue weighted by Crippen LogP contribution is 2.24. The van der Waals surface area contributed by atoms with Gasteiger partial charge in [-0.25, -0.2) is 4.39 Å². The molecule has 1 unspecified atom stereocenters. The topological polar surface area (TPSA) is 29.5 Å². The molecule has 0 N–H and O–H groups in total. The minimum Gasteiger partial charge on any atom is -0.368 e. The number of hydrogen-bond acceptors (Lipinski definition) is 2. The molecule has 2 rings (SSSR count). The highest BCUT2D eigenvalue weighted by Gasteiger charge is 2.35. The zero-order valence-electron chi connectivity index (χ0n) is 11.3. The van der Waals surface area contributed by atoms with Gasteiger partial charge in [-0.3, -0.25) is 4.79 Å². The van der Waals surface area contributed by atoms with Gasteiger partial charge in [0.15, 0.2) is 0 Å². The lowest BCUT2D eigenvalue weighted by atomic mass is 10.0. The van der Waals surface area contributed by atoms with Crippen LogP contribution in [-0.2, 0) is 4.74 Å². The number of alkyl halides is 1. The normalized spacial score (nSPS) is 21.9. The summed E-state index contributed by atoms with van der Waals surface area (Å²) in [5.41, 5.74) is -0.0559. The fourth-order valence-corrected chi connectivity index (χ4v) is 3.19. The lowest BCUT2D eigenvalue weighted by Gasteiger charge is -2.42. The monoisotopic (exact) mass is 407 g/mol. The van der Waals surface area contributed by atoms with Crippen LogP contribution in [0.25, 0.3) is 0 Å². The predicted octanol–water partition coefficient (Wildman–Crippen LogP) is 3.60. The highest BCUT2D eigenvalue weighted by molar-refractivity contribution is 9.10. The van der Waals surface area contributed by atoms with Crippen molar-refractivity contribution in [3.63, 3.8) is 0 Å². The number of carbonyl (C=O) groups is 1. The molecule has 1 heterocycles. The summed E-state index contributed by atoms with van der Waals surface area (Å²) in [6, 6.07) is 4.23. The van der Waals surface area contributed by atoms with E-state index in [-0.39, 0.29) is 12.0 Å².